The third-order valence-corrected chi connectivity index (χ3v) is 4.63. The van der Waals surface area contributed by atoms with E-state index in [1.807, 2.05) is 11.8 Å². The Morgan fingerprint density at radius 1 is 1.40 bits per heavy atom. The number of halogens is 2. The number of hydrogen-bond acceptors (Lipinski definition) is 2. The van der Waals surface area contributed by atoms with Crippen LogP contribution >= 0.6 is 23.2 Å². The number of hydrogen-bond donors (Lipinski definition) is 1. The molecule has 110 valence electrons. The summed E-state index contributed by atoms with van der Waals surface area (Å²) in [5.74, 6) is 0.365. The summed E-state index contributed by atoms with van der Waals surface area (Å²) in [5.41, 5.74) is 6.34. The number of benzene rings is 1. The Kier molecular flexibility index (Phi) is 5.30. The molecule has 0 radical (unpaired) electrons. The van der Waals surface area contributed by atoms with Gasteiger partial charge in [-0.15, -0.1) is 0 Å². The number of carbonyl (C=O) groups is 1. The van der Waals surface area contributed by atoms with E-state index in [4.69, 9.17) is 28.9 Å². The number of rotatable bonds is 4. The van der Waals surface area contributed by atoms with Gasteiger partial charge in [0.1, 0.15) is 0 Å². The highest BCUT2D eigenvalue weighted by Gasteiger charge is 2.33. The first kappa shape index (κ1) is 15.6. The van der Waals surface area contributed by atoms with Crippen LogP contribution in [0.25, 0.3) is 0 Å². The van der Waals surface area contributed by atoms with Crippen LogP contribution in [0.4, 0.5) is 0 Å². The molecular weight excluding hydrogens is 295 g/mol. The number of amides is 1. The minimum atomic E-state index is -0.0282. The molecule has 1 fully saturated rings. The monoisotopic (exact) mass is 314 g/mol. The van der Waals surface area contributed by atoms with E-state index < -0.39 is 0 Å². The van der Waals surface area contributed by atoms with Crippen molar-refractivity contribution in [2.75, 3.05) is 13.1 Å². The second-order valence-electron chi connectivity index (χ2n) is 5.21. The predicted molar refractivity (Wildman–Crippen MR) is 83.4 cm³/mol. The Hall–Kier alpha value is -0.770. The fourth-order valence-corrected chi connectivity index (χ4v) is 3.54. The molecule has 0 saturated heterocycles. The summed E-state index contributed by atoms with van der Waals surface area (Å²) in [6, 6.07) is 5.23. The van der Waals surface area contributed by atoms with E-state index in [0.29, 0.717) is 34.6 Å². The van der Waals surface area contributed by atoms with E-state index in [1.165, 1.54) is 0 Å². The zero-order valence-corrected chi connectivity index (χ0v) is 13.1. The van der Waals surface area contributed by atoms with Crippen molar-refractivity contribution in [2.45, 2.75) is 32.2 Å². The molecule has 0 bridgehead atoms. The molecule has 1 saturated carbocycles. The first-order valence-electron chi connectivity index (χ1n) is 7.04. The zero-order chi connectivity index (χ0) is 14.7. The van der Waals surface area contributed by atoms with Crippen LogP contribution in [0, 0.1) is 5.92 Å². The molecule has 0 heterocycles. The molecule has 0 aliphatic heterocycles. The molecule has 1 amide bonds. The van der Waals surface area contributed by atoms with Crippen molar-refractivity contribution in [3.8, 4) is 0 Å². The largest absolute Gasteiger partial charge is 0.336 e. The molecule has 2 N–H and O–H groups in total. The van der Waals surface area contributed by atoms with Crippen molar-refractivity contribution in [3.63, 3.8) is 0 Å². The third kappa shape index (κ3) is 3.11. The average Bonchev–Trinajstić information content (AvgIpc) is 2.87. The van der Waals surface area contributed by atoms with Crippen LogP contribution in [0.5, 0.6) is 0 Å². The van der Waals surface area contributed by atoms with E-state index in [-0.39, 0.29) is 11.9 Å². The lowest BCUT2D eigenvalue weighted by Gasteiger charge is -2.32. The lowest BCUT2D eigenvalue weighted by atomic mass is 10.0. The van der Waals surface area contributed by atoms with Crippen LogP contribution in [0.2, 0.25) is 10.0 Å². The molecule has 5 heteroatoms. The Morgan fingerprint density at radius 2 is 2.15 bits per heavy atom. The highest BCUT2D eigenvalue weighted by molar-refractivity contribution is 6.36. The first-order valence-corrected chi connectivity index (χ1v) is 7.80. The maximum atomic E-state index is 12.7. The Labute approximate surface area is 130 Å². The molecule has 3 nitrogen and oxygen atoms in total. The van der Waals surface area contributed by atoms with Crippen molar-refractivity contribution < 1.29 is 4.79 Å². The smallest absolute Gasteiger partial charge is 0.255 e. The van der Waals surface area contributed by atoms with Gasteiger partial charge in [0.2, 0.25) is 0 Å². The van der Waals surface area contributed by atoms with Crippen LogP contribution in [0.3, 0.4) is 0 Å². The van der Waals surface area contributed by atoms with Crippen LogP contribution in [0.15, 0.2) is 18.2 Å². The van der Waals surface area contributed by atoms with Gasteiger partial charge in [-0.3, -0.25) is 4.79 Å². The average molecular weight is 315 g/mol. The summed E-state index contributed by atoms with van der Waals surface area (Å²) < 4.78 is 0. The van der Waals surface area contributed by atoms with Crippen LogP contribution in [-0.4, -0.2) is 29.9 Å². The molecule has 0 aromatic heterocycles. The van der Waals surface area contributed by atoms with E-state index in [0.717, 1.165) is 19.3 Å². The second kappa shape index (κ2) is 6.79. The van der Waals surface area contributed by atoms with Gasteiger partial charge in [0, 0.05) is 17.6 Å². The van der Waals surface area contributed by atoms with Gasteiger partial charge in [-0.05, 0) is 50.4 Å². The fourth-order valence-electron chi connectivity index (χ4n) is 3.05. The summed E-state index contributed by atoms with van der Waals surface area (Å²) >= 11 is 12.0. The highest BCUT2D eigenvalue weighted by Crippen LogP contribution is 2.31. The quantitative estimate of drug-likeness (QED) is 0.923. The Morgan fingerprint density at radius 3 is 2.75 bits per heavy atom. The third-order valence-electron chi connectivity index (χ3n) is 4.09. The maximum Gasteiger partial charge on any atom is 0.255 e. The van der Waals surface area contributed by atoms with Crippen molar-refractivity contribution >= 4 is 29.1 Å². The minimum Gasteiger partial charge on any atom is -0.336 e. The topological polar surface area (TPSA) is 46.3 Å². The lowest BCUT2D eigenvalue weighted by molar-refractivity contribution is 0.0652. The van der Waals surface area contributed by atoms with Crippen LogP contribution < -0.4 is 5.73 Å². The molecule has 0 spiro atoms. The Balaban J connectivity index is 2.24. The standard InChI is InChI=1S/C15H20Cl2N2O/c1-2-19(14-5-3-4-10(14)9-18)15(20)12-7-6-11(16)8-13(12)17/h6-8,10,14H,2-5,9,18H2,1H3. The van der Waals surface area contributed by atoms with Gasteiger partial charge in [0.15, 0.2) is 0 Å². The van der Waals surface area contributed by atoms with Gasteiger partial charge in [-0.25, -0.2) is 0 Å². The molecule has 20 heavy (non-hydrogen) atoms. The van der Waals surface area contributed by atoms with Gasteiger partial charge < -0.3 is 10.6 Å². The summed E-state index contributed by atoms with van der Waals surface area (Å²) in [7, 11) is 0. The normalized spacial score (nSPS) is 22.0. The lowest BCUT2D eigenvalue weighted by Crippen LogP contribution is -2.44. The molecule has 1 aliphatic carbocycles. The van der Waals surface area contributed by atoms with Crippen molar-refractivity contribution in [1.82, 2.24) is 4.90 Å². The van der Waals surface area contributed by atoms with Gasteiger partial charge in [-0.2, -0.15) is 0 Å². The van der Waals surface area contributed by atoms with E-state index in [9.17, 15) is 4.79 Å². The Bertz CT molecular complexity index is 493. The summed E-state index contributed by atoms with van der Waals surface area (Å²) in [5, 5.41) is 0.943. The van der Waals surface area contributed by atoms with Crippen molar-refractivity contribution in [1.29, 1.82) is 0 Å². The molecule has 1 aromatic rings. The maximum absolute atomic E-state index is 12.7. The second-order valence-corrected chi connectivity index (χ2v) is 6.05. The molecule has 1 aliphatic rings. The molecular formula is C15H20Cl2N2O. The van der Waals surface area contributed by atoms with E-state index in [2.05, 4.69) is 0 Å². The van der Waals surface area contributed by atoms with Gasteiger partial charge in [0.05, 0.1) is 10.6 Å². The molecule has 2 atom stereocenters. The number of carbonyl (C=O) groups excluding carboxylic acids is 1. The van der Waals surface area contributed by atoms with E-state index >= 15 is 0 Å². The number of nitrogens with two attached hydrogens (primary N) is 1. The predicted octanol–water partition coefficient (Wildman–Crippen LogP) is 3.58. The summed E-state index contributed by atoms with van der Waals surface area (Å²) in [6.45, 7) is 3.29. The number of nitrogens with zero attached hydrogens (tertiary/aromatic N) is 1. The van der Waals surface area contributed by atoms with Crippen molar-refractivity contribution in [2.24, 2.45) is 11.7 Å². The van der Waals surface area contributed by atoms with Crippen LogP contribution in [-0.2, 0) is 0 Å². The minimum absolute atomic E-state index is 0.0282. The van der Waals surface area contributed by atoms with Gasteiger partial charge in [0.25, 0.3) is 5.91 Å². The fraction of sp³-hybridized carbons (Fsp3) is 0.533. The first-order chi connectivity index (χ1) is 9.58. The highest BCUT2D eigenvalue weighted by atomic mass is 35.5. The van der Waals surface area contributed by atoms with E-state index in [1.54, 1.807) is 18.2 Å². The van der Waals surface area contributed by atoms with Gasteiger partial charge in [-0.1, -0.05) is 29.6 Å². The van der Waals surface area contributed by atoms with Gasteiger partial charge >= 0.3 is 0 Å². The summed E-state index contributed by atoms with van der Waals surface area (Å²) in [4.78, 5) is 14.6. The zero-order valence-electron chi connectivity index (χ0n) is 11.6. The molecule has 2 rings (SSSR count). The summed E-state index contributed by atoms with van der Waals surface area (Å²) in [6.07, 6.45) is 3.25. The molecule has 2 unspecified atom stereocenters. The van der Waals surface area contributed by atoms with Crippen molar-refractivity contribution in [3.05, 3.63) is 33.8 Å². The SMILES string of the molecule is CCN(C(=O)c1ccc(Cl)cc1Cl)C1CCCC1CN. The van der Waals surface area contributed by atoms with Crippen LogP contribution in [0.1, 0.15) is 36.5 Å². The molecule has 1 aromatic carbocycles.